The van der Waals surface area contributed by atoms with Crippen LogP contribution in [0.2, 0.25) is 0 Å². The number of hydrogen-bond acceptors (Lipinski definition) is 8. The van der Waals surface area contributed by atoms with Crippen LogP contribution in [0.3, 0.4) is 0 Å². The van der Waals surface area contributed by atoms with Crippen molar-refractivity contribution in [3.05, 3.63) is 88.9 Å². The molecule has 33 heavy (non-hydrogen) atoms. The normalized spacial score (nSPS) is 11.5. The molecule has 0 fully saturated rings. The number of fused-ring (bicyclic) bond motifs is 3. The Labute approximate surface area is 190 Å². The zero-order valence-electron chi connectivity index (χ0n) is 17.4. The molecule has 0 saturated carbocycles. The highest BCUT2D eigenvalue weighted by Gasteiger charge is 2.19. The fraction of sp³-hybridized carbons (Fsp3) is 0.0870. The van der Waals surface area contributed by atoms with Crippen LogP contribution >= 0.6 is 11.8 Å². The Morgan fingerprint density at radius 2 is 1.88 bits per heavy atom. The third-order valence-electron chi connectivity index (χ3n) is 5.25. The molecule has 4 aromatic heterocycles. The van der Waals surface area contributed by atoms with E-state index < -0.39 is 0 Å². The minimum atomic E-state index is -0.145. The third kappa shape index (κ3) is 3.31. The second kappa shape index (κ2) is 7.75. The van der Waals surface area contributed by atoms with Crippen molar-refractivity contribution in [2.75, 3.05) is 0 Å². The van der Waals surface area contributed by atoms with Crippen LogP contribution in [0.1, 0.15) is 11.4 Å². The molecule has 0 unspecified atom stereocenters. The molecule has 0 atom stereocenters. The first-order valence-corrected chi connectivity index (χ1v) is 11.1. The lowest BCUT2D eigenvalue weighted by Crippen LogP contribution is -2.21. The van der Waals surface area contributed by atoms with Gasteiger partial charge in [0.2, 0.25) is 5.78 Å². The van der Waals surface area contributed by atoms with Crippen LogP contribution in [0.25, 0.3) is 33.8 Å². The number of nitrogens with zero attached hydrogens (tertiary/aromatic N) is 6. The van der Waals surface area contributed by atoms with Crippen molar-refractivity contribution in [2.24, 2.45) is 0 Å². The molecule has 4 heterocycles. The number of thioether (sulfide) groups is 1. The van der Waals surface area contributed by atoms with Crippen molar-refractivity contribution in [3.8, 4) is 17.1 Å². The van der Waals surface area contributed by atoms with E-state index in [-0.39, 0.29) is 5.56 Å². The number of furan rings is 1. The summed E-state index contributed by atoms with van der Waals surface area (Å²) in [6.07, 6.45) is 3.10. The van der Waals surface area contributed by atoms with Crippen molar-refractivity contribution in [2.45, 2.75) is 17.8 Å². The lowest BCUT2D eigenvalue weighted by Gasteiger charge is -2.11. The van der Waals surface area contributed by atoms with Crippen molar-refractivity contribution in [3.63, 3.8) is 0 Å². The highest BCUT2D eigenvalue weighted by Crippen LogP contribution is 2.26. The number of hydrogen-bond donors (Lipinski definition) is 0. The smallest absolute Gasteiger partial charge is 0.267 e. The molecular weight excluding hydrogens is 440 g/mol. The van der Waals surface area contributed by atoms with E-state index in [1.165, 1.54) is 11.8 Å². The van der Waals surface area contributed by atoms with Crippen LogP contribution in [0.4, 0.5) is 0 Å². The van der Waals surface area contributed by atoms with Crippen LogP contribution in [-0.4, -0.2) is 29.3 Å². The summed E-state index contributed by atoms with van der Waals surface area (Å²) in [6.45, 7) is 2.00. The van der Waals surface area contributed by atoms with Crippen LogP contribution < -0.4 is 5.56 Å². The molecule has 162 valence electrons. The molecule has 9 nitrogen and oxygen atoms in total. The average molecular weight is 456 g/mol. The third-order valence-corrected chi connectivity index (χ3v) is 6.18. The minimum Gasteiger partial charge on any atom is -0.472 e. The van der Waals surface area contributed by atoms with E-state index in [0.717, 1.165) is 22.3 Å². The molecular formula is C23H16N6O3S. The molecule has 0 aliphatic heterocycles. The first-order chi connectivity index (χ1) is 16.2. The van der Waals surface area contributed by atoms with Gasteiger partial charge in [0, 0.05) is 0 Å². The van der Waals surface area contributed by atoms with Crippen molar-refractivity contribution in [1.29, 1.82) is 0 Å². The number of rotatable bonds is 5. The summed E-state index contributed by atoms with van der Waals surface area (Å²) in [5, 5.41) is 14.0. The summed E-state index contributed by atoms with van der Waals surface area (Å²) in [5.41, 5.74) is 3.15. The molecule has 10 heteroatoms. The van der Waals surface area contributed by atoms with E-state index in [1.54, 1.807) is 23.2 Å². The maximum Gasteiger partial charge on any atom is 0.267 e. The number of benzene rings is 2. The van der Waals surface area contributed by atoms with E-state index in [1.807, 2.05) is 59.9 Å². The zero-order valence-corrected chi connectivity index (χ0v) is 18.2. The van der Waals surface area contributed by atoms with Crippen molar-refractivity contribution in [1.82, 2.24) is 29.3 Å². The molecule has 6 aromatic rings. The Morgan fingerprint density at radius 1 is 1.03 bits per heavy atom. The topological polar surface area (TPSA) is 104 Å². The first kappa shape index (κ1) is 19.5. The molecule has 0 radical (unpaired) electrons. The fourth-order valence-electron chi connectivity index (χ4n) is 3.64. The Bertz CT molecular complexity index is 1650. The number of para-hydroxylation sites is 1. The Kier molecular flexibility index (Phi) is 4.58. The summed E-state index contributed by atoms with van der Waals surface area (Å²) < 4.78 is 13.9. The fourth-order valence-corrected chi connectivity index (χ4v) is 4.43. The van der Waals surface area contributed by atoms with Gasteiger partial charge in [-0.2, -0.15) is 4.98 Å². The predicted octanol–water partition coefficient (Wildman–Crippen LogP) is 4.28. The maximum absolute atomic E-state index is 13.4. The van der Waals surface area contributed by atoms with E-state index in [4.69, 9.17) is 8.94 Å². The van der Waals surface area contributed by atoms with Crippen LogP contribution in [0.15, 0.2) is 86.0 Å². The average Bonchev–Trinajstić information content (AvgIpc) is 3.60. The molecule has 0 aliphatic rings. The Hall–Kier alpha value is -4.18. The summed E-state index contributed by atoms with van der Waals surface area (Å²) in [4.78, 5) is 17.8. The standard InChI is InChI=1S/C23H16N6O3S/c1-14-6-8-16(9-7-14)28-21(30)17-4-2-3-5-18(17)29-22(28)25-26-23(29)33-13-19-24-20(32-27-19)15-10-11-31-12-15/h2-12H,13H2,1H3. The molecule has 0 aliphatic carbocycles. The summed E-state index contributed by atoms with van der Waals surface area (Å²) in [7, 11) is 0. The minimum absolute atomic E-state index is 0.145. The van der Waals surface area contributed by atoms with Gasteiger partial charge in [0.05, 0.1) is 34.2 Å². The van der Waals surface area contributed by atoms with Crippen LogP contribution in [0.5, 0.6) is 0 Å². The van der Waals surface area contributed by atoms with Gasteiger partial charge in [0.15, 0.2) is 11.0 Å². The van der Waals surface area contributed by atoms with Gasteiger partial charge < -0.3 is 8.94 Å². The van der Waals surface area contributed by atoms with Crippen molar-refractivity contribution < 1.29 is 8.94 Å². The lowest BCUT2D eigenvalue weighted by molar-refractivity contribution is 0.424. The van der Waals surface area contributed by atoms with E-state index in [0.29, 0.717) is 33.8 Å². The van der Waals surface area contributed by atoms with Gasteiger partial charge in [-0.1, -0.05) is 46.7 Å². The number of aryl methyl sites for hydroxylation is 1. The highest BCUT2D eigenvalue weighted by molar-refractivity contribution is 7.98. The predicted molar refractivity (Wildman–Crippen MR) is 122 cm³/mol. The van der Waals surface area contributed by atoms with Gasteiger partial charge in [0.1, 0.15) is 6.26 Å². The number of aromatic nitrogens is 6. The Balaban J connectivity index is 1.45. The van der Waals surface area contributed by atoms with Gasteiger partial charge in [-0.25, -0.2) is 4.57 Å². The monoisotopic (exact) mass is 456 g/mol. The quantitative estimate of drug-likeness (QED) is 0.354. The molecule has 0 saturated heterocycles. The Morgan fingerprint density at radius 3 is 2.70 bits per heavy atom. The van der Waals surface area contributed by atoms with E-state index >= 15 is 0 Å². The van der Waals surface area contributed by atoms with Gasteiger partial charge in [-0.15, -0.1) is 10.2 Å². The lowest BCUT2D eigenvalue weighted by atomic mass is 10.2. The van der Waals surface area contributed by atoms with E-state index in [9.17, 15) is 4.79 Å². The first-order valence-electron chi connectivity index (χ1n) is 10.1. The second-order valence-electron chi connectivity index (χ2n) is 7.43. The van der Waals surface area contributed by atoms with Crippen LogP contribution in [0, 0.1) is 6.92 Å². The van der Waals surface area contributed by atoms with Crippen molar-refractivity contribution >= 4 is 28.4 Å². The molecule has 0 bridgehead atoms. The van der Waals surface area contributed by atoms with E-state index in [2.05, 4.69) is 20.3 Å². The van der Waals surface area contributed by atoms with Gasteiger partial charge in [-0.3, -0.25) is 9.20 Å². The maximum atomic E-state index is 13.4. The largest absolute Gasteiger partial charge is 0.472 e. The summed E-state index contributed by atoms with van der Waals surface area (Å²) in [5.74, 6) is 1.77. The van der Waals surface area contributed by atoms with Gasteiger partial charge in [0.25, 0.3) is 11.4 Å². The molecule has 0 spiro atoms. The van der Waals surface area contributed by atoms with Gasteiger partial charge >= 0.3 is 0 Å². The highest BCUT2D eigenvalue weighted by atomic mass is 32.2. The summed E-state index contributed by atoms with van der Waals surface area (Å²) >= 11 is 1.41. The second-order valence-corrected chi connectivity index (χ2v) is 8.37. The zero-order chi connectivity index (χ0) is 22.4. The van der Waals surface area contributed by atoms with Gasteiger partial charge in [-0.05, 0) is 37.3 Å². The molecule has 2 aromatic carbocycles. The molecule has 6 rings (SSSR count). The SMILES string of the molecule is Cc1ccc(-n2c(=O)c3ccccc3n3c(SCc4noc(-c5ccoc5)n4)nnc23)cc1. The van der Waals surface area contributed by atoms with Crippen LogP contribution in [-0.2, 0) is 5.75 Å². The molecule has 0 amide bonds. The summed E-state index contributed by atoms with van der Waals surface area (Å²) in [6, 6.07) is 16.9. The molecule has 0 N–H and O–H groups in total.